The first-order valence-electron chi connectivity index (χ1n) is 28.1. The molecule has 0 radical (unpaired) electrons. The van der Waals surface area contributed by atoms with Gasteiger partial charge in [-0.3, -0.25) is 4.57 Å². The number of thiophene rings is 1. The molecule has 0 spiro atoms. The van der Waals surface area contributed by atoms with Gasteiger partial charge in [0.15, 0.2) is 0 Å². The topological polar surface area (TPSA) is 33.5 Å². The van der Waals surface area contributed by atoms with Crippen LogP contribution >= 0.6 is 11.3 Å². The number of benzene rings is 9. The third kappa shape index (κ3) is 8.72. The van der Waals surface area contributed by atoms with Crippen LogP contribution in [-0.4, -0.2) is 16.2 Å². The highest BCUT2D eigenvalue weighted by Gasteiger charge is 2.34. The van der Waals surface area contributed by atoms with Crippen molar-refractivity contribution in [1.82, 2.24) is 9.55 Å². The summed E-state index contributed by atoms with van der Waals surface area (Å²) in [6, 6.07) is 71.4. The number of fused-ring (bicyclic) bond motifs is 8. The van der Waals surface area contributed by atoms with Crippen LogP contribution in [0.3, 0.4) is 0 Å². The van der Waals surface area contributed by atoms with Crippen molar-refractivity contribution in [2.75, 3.05) is 16.5 Å². The minimum Gasteiger partial charge on any atom is -0.457 e. The van der Waals surface area contributed by atoms with Crippen molar-refractivity contribution in [3.8, 4) is 50.7 Å². The molecule has 4 heterocycles. The Morgan fingerprint density at radius 1 is 0.463 bits per heavy atom. The highest BCUT2D eigenvalue weighted by Crippen LogP contribution is 2.54. The molecule has 3 aromatic heterocycles. The smallest absolute Gasteiger partial charge is 0.137 e. The predicted octanol–water partition coefficient (Wildman–Crippen LogP) is 21.1. The summed E-state index contributed by atoms with van der Waals surface area (Å²) in [6.07, 6.45) is 1.96. The van der Waals surface area contributed by atoms with Crippen molar-refractivity contribution >= 4 is 76.1 Å². The van der Waals surface area contributed by atoms with E-state index in [4.69, 9.17) is 9.72 Å². The number of ether oxygens (including phenoxy) is 1. The van der Waals surface area contributed by atoms with E-state index < -0.39 is 0 Å². The Morgan fingerprint density at radius 3 is 1.73 bits per heavy atom. The van der Waals surface area contributed by atoms with Gasteiger partial charge in [0.25, 0.3) is 0 Å². The number of pyridine rings is 1. The molecule has 0 unspecified atom stereocenters. The standard InChI is InChI=1S/C74H68N4OS/c1-46-39-47(2)67(49-25-16-13-17-26-49)70(66(46)48-23-14-12-15-24-48)77-45-76(60-30-19-20-31-61(60)77)52-40-50(68-58(73(6,7)8)28-22-29-59(68)74(9,10)11)41-54(43-52)79-53-33-34-57-63(44-53)78(65-42-51(37-38-75-65)72(3,4)5)62-36-35-56-55-27-18-21-32-64(55)80-71(56)69(57)62/h12-44H,45H2,1-11H3. The van der Waals surface area contributed by atoms with Gasteiger partial charge in [-0.1, -0.05) is 184 Å². The first-order valence-corrected chi connectivity index (χ1v) is 28.9. The van der Waals surface area contributed by atoms with Gasteiger partial charge in [-0.15, -0.1) is 11.3 Å². The fourth-order valence-corrected chi connectivity index (χ4v) is 13.8. The van der Waals surface area contributed by atoms with E-state index in [1.54, 1.807) is 0 Å². The molecule has 0 bridgehead atoms. The third-order valence-electron chi connectivity index (χ3n) is 16.3. The second kappa shape index (κ2) is 19.1. The Morgan fingerprint density at radius 2 is 1.07 bits per heavy atom. The molecule has 9 aromatic carbocycles. The molecular formula is C74H68N4OS. The molecule has 80 heavy (non-hydrogen) atoms. The van der Waals surface area contributed by atoms with E-state index in [0.717, 1.165) is 51.0 Å². The maximum Gasteiger partial charge on any atom is 0.137 e. The summed E-state index contributed by atoms with van der Waals surface area (Å²) in [5.41, 5.74) is 19.9. The second-order valence-electron chi connectivity index (χ2n) is 25.0. The largest absolute Gasteiger partial charge is 0.457 e. The van der Waals surface area contributed by atoms with Gasteiger partial charge in [0.05, 0.1) is 28.1 Å². The van der Waals surface area contributed by atoms with Gasteiger partial charge >= 0.3 is 0 Å². The van der Waals surface area contributed by atoms with Gasteiger partial charge in [-0.05, 0) is 141 Å². The molecule has 12 aromatic rings. The Balaban J connectivity index is 1.03. The highest BCUT2D eigenvalue weighted by atomic mass is 32.1. The van der Waals surface area contributed by atoms with Crippen LogP contribution in [-0.2, 0) is 16.2 Å². The van der Waals surface area contributed by atoms with Crippen LogP contribution in [0.1, 0.15) is 90.1 Å². The molecule has 1 aliphatic heterocycles. The molecular weight excluding hydrogens is 993 g/mol. The Labute approximate surface area is 475 Å². The second-order valence-corrected chi connectivity index (χ2v) is 26.0. The Hall–Kier alpha value is -8.45. The average molecular weight is 1060 g/mol. The lowest BCUT2D eigenvalue weighted by molar-refractivity contribution is 0.483. The van der Waals surface area contributed by atoms with Crippen molar-refractivity contribution in [3.05, 3.63) is 228 Å². The van der Waals surface area contributed by atoms with E-state index in [9.17, 15) is 0 Å². The number of aromatic nitrogens is 2. The minimum absolute atomic E-state index is 0.0646. The number of anilines is 4. The summed E-state index contributed by atoms with van der Waals surface area (Å²) in [6.45, 7) is 25.9. The summed E-state index contributed by atoms with van der Waals surface area (Å²) < 4.78 is 12.3. The van der Waals surface area contributed by atoms with E-state index in [0.29, 0.717) is 6.67 Å². The molecule has 0 amide bonds. The zero-order chi connectivity index (χ0) is 55.4. The first kappa shape index (κ1) is 51.0. The predicted molar refractivity (Wildman–Crippen MR) is 342 cm³/mol. The quantitative estimate of drug-likeness (QED) is 0.152. The lowest BCUT2D eigenvalue weighted by atomic mass is 9.74. The van der Waals surface area contributed by atoms with Gasteiger partial charge in [-0.2, -0.15) is 0 Å². The molecule has 0 fully saturated rings. The fraction of sp³-hybridized carbons (Fsp3) is 0.203. The van der Waals surface area contributed by atoms with Crippen LogP contribution in [0, 0.1) is 13.8 Å². The lowest BCUT2D eigenvalue weighted by Crippen LogP contribution is -2.25. The lowest BCUT2D eigenvalue weighted by Gasteiger charge is -2.31. The number of hydrogen-bond acceptors (Lipinski definition) is 5. The number of para-hydroxylation sites is 2. The Kier molecular flexibility index (Phi) is 12.2. The molecule has 0 saturated carbocycles. The summed E-state index contributed by atoms with van der Waals surface area (Å²) in [7, 11) is 0. The molecule has 13 rings (SSSR count). The van der Waals surface area contributed by atoms with Crippen molar-refractivity contribution in [1.29, 1.82) is 0 Å². The van der Waals surface area contributed by atoms with Crippen LogP contribution in [0.15, 0.2) is 200 Å². The van der Waals surface area contributed by atoms with Crippen LogP contribution in [0.4, 0.5) is 22.7 Å². The van der Waals surface area contributed by atoms with E-state index in [2.05, 4.69) is 285 Å². The average Bonchev–Trinajstić information content (AvgIpc) is 4.23. The normalized spacial score (nSPS) is 13.1. The van der Waals surface area contributed by atoms with Gasteiger partial charge in [0.1, 0.15) is 24.0 Å². The van der Waals surface area contributed by atoms with Crippen molar-refractivity contribution in [3.63, 3.8) is 0 Å². The maximum atomic E-state index is 7.41. The van der Waals surface area contributed by atoms with E-state index in [-0.39, 0.29) is 16.2 Å². The van der Waals surface area contributed by atoms with Crippen LogP contribution in [0.2, 0.25) is 0 Å². The van der Waals surface area contributed by atoms with E-state index >= 15 is 0 Å². The SMILES string of the molecule is Cc1cc(C)c(-c2ccccc2)c(N2CN(c3cc(Oc4ccc5c6c7sc8ccccc8c7ccc6n(-c6cc(C(C)(C)C)ccn6)c5c4)cc(-c4c(C(C)(C)C)cccc4C(C)(C)C)c3)c3ccccc32)c1-c1ccccc1. The molecule has 0 atom stereocenters. The maximum absolute atomic E-state index is 7.41. The molecule has 396 valence electrons. The number of rotatable bonds is 8. The number of nitrogens with zero attached hydrogens (tertiary/aromatic N) is 4. The summed E-state index contributed by atoms with van der Waals surface area (Å²) >= 11 is 1.87. The molecule has 0 aliphatic carbocycles. The summed E-state index contributed by atoms with van der Waals surface area (Å²) in [4.78, 5) is 10.2. The van der Waals surface area contributed by atoms with Gasteiger partial charge in [0, 0.05) is 66.1 Å². The summed E-state index contributed by atoms with van der Waals surface area (Å²) in [5.74, 6) is 2.41. The van der Waals surface area contributed by atoms with E-state index in [1.807, 2.05) is 17.5 Å². The molecule has 1 aliphatic rings. The zero-order valence-electron chi connectivity index (χ0n) is 47.9. The number of aryl methyl sites for hydroxylation is 2. The van der Waals surface area contributed by atoms with Crippen molar-refractivity contribution in [2.24, 2.45) is 0 Å². The van der Waals surface area contributed by atoms with E-state index in [1.165, 1.54) is 92.3 Å². The van der Waals surface area contributed by atoms with Gasteiger partial charge < -0.3 is 14.5 Å². The molecule has 5 nitrogen and oxygen atoms in total. The monoisotopic (exact) mass is 1060 g/mol. The van der Waals surface area contributed by atoms with Crippen molar-refractivity contribution < 1.29 is 4.74 Å². The molecule has 0 saturated heterocycles. The molecule has 0 N–H and O–H groups in total. The van der Waals surface area contributed by atoms with Crippen molar-refractivity contribution in [2.45, 2.75) is 92.4 Å². The summed E-state index contributed by atoms with van der Waals surface area (Å²) in [5, 5.41) is 4.96. The van der Waals surface area contributed by atoms with Gasteiger partial charge in [-0.25, -0.2) is 4.98 Å². The molecule has 6 heteroatoms. The highest BCUT2D eigenvalue weighted by molar-refractivity contribution is 7.26. The van der Waals surface area contributed by atoms with Gasteiger partial charge in [0.2, 0.25) is 0 Å². The number of hydrogen-bond donors (Lipinski definition) is 0. The van der Waals surface area contributed by atoms with Crippen LogP contribution in [0.25, 0.3) is 81.2 Å². The van der Waals surface area contributed by atoms with Crippen LogP contribution in [0.5, 0.6) is 11.5 Å². The first-order chi connectivity index (χ1) is 38.4. The third-order valence-corrected chi connectivity index (χ3v) is 17.5. The fourth-order valence-electron chi connectivity index (χ4n) is 12.6. The van der Waals surface area contributed by atoms with Crippen LogP contribution < -0.4 is 14.5 Å². The minimum atomic E-state index is -0.147. The zero-order valence-corrected chi connectivity index (χ0v) is 48.7. The Bertz CT molecular complexity index is 4300.